The number of thiazole rings is 1. The number of nitrogens with zero attached hydrogens (tertiary/aromatic N) is 2. The molecule has 0 saturated carbocycles. The number of H-pyrrole nitrogens is 1. The first kappa shape index (κ1) is 8.25. The lowest BCUT2D eigenvalue weighted by Crippen LogP contribution is -2.05. The van der Waals surface area contributed by atoms with Crippen molar-refractivity contribution in [2.75, 3.05) is 11.9 Å². The maximum atomic E-state index is 4.18. The summed E-state index contributed by atoms with van der Waals surface area (Å²) in [5.41, 5.74) is 0. The summed E-state index contributed by atoms with van der Waals surface area (Å²) in [6, 6.07) is 0. The predicted molar refractivity (Wildman–Crippen MR) is 52.9 cm³/mol. The van der Waals surface area contributed by atoms with Gasteiger partial charge in [-0.2, -0.15) is 0 Å². The van der Waals surface area contributed by atoms with Crippen LogP contribution in [0, 0.1) is 0 Å². The quantitative estimate of drug-likeness (QED) is 0.776. The summed E-state index contributed by atoms with van der Waals surface area (Å²) in [6.45, 7) is 0.862. The lowest BCUT2D eigenvalue weighted by atomic mass is 10.4. The molecule has 0 unspecified atom stereocenters. The summed E-state index contributed by atoms with van der Waals surface area (Å²) in [5.74, 6) is 0.816. The van der Waals surface area contributed by atoms with Crippen molar-refractivity contribution in [3.63, 3.8) is 0 Å². The van der Waals surface area contributed by atoms with E-state index in [1.54, 1.807) is 23.7 Å². The van der Waals surface area contributed by atoms with Crippen LogP contribution in [0.5, 0.6) is 0 Å². The molecule has 0 aromatic carbocycles. The van der Waals surface area contributed by atoms with Gasteiger partial charge in [0.15, 0.2) is 5.95 Å². The van der Waals surface area contributed by atoms with E-state index in [1.807, 2.05) is 11.6 Å². The van der Waals surface area contributed by atoms with Crippen LogP contribution < -0.4 is 5.32 Å². The Hall–Kier alpha value is -1.36. The highest BCUT2D eigenvalue weighted by molar-refractivity contribution is 7.09. The van der Waals surface area contributed by atoms with Crippen LogP contribution in [0.15, 0.2) is 24.0 Å². The smallest absolute Gasteiger partial charge is 0.200 e. The topological polar surface area (TPSA) is 53.6 Å². The lowest BCUT2D eigenvalue weighted by Gasteiger charge is -1.99. The molecule has 5 heteroatoms. The van der Waals surface area contributed by atoms with Crippen LogP contribution >= 0.6 is 11.3 Å². The zero-order valence-corrected chi connectivity index (χ0v) is 7.84. The van der Waals surface area contributed by atoms with Crippen molar-refractivity contribution in [3.05, 3.63) is 29.0 Å². The first-order valence-corrected chi connectivity index (χ1v) is 4.95. The Balaban J connectivity index is 1.76. The Bertz CT molecular complexity index is 293. The number of hydrogen-bond acceptors (Lipinski definition) is 4. The Morgan fingerprint density at radius 2 is 2.38 bits per heavy atom. The maximum absolute atomic E-state index is 4.18. The van der Waals surface area contributed by atoms with E-state index in [4.69, 9.17) is 0 Å². The van der Waals surface area contributed by atoms with Gasteiger partial charge in [-0.1, -0.05) is 0 Å². The molecule has 0 amide bonds. The van der Waals surface area contributed by atoms with Crippen molar-refractivity contribution in [1.82, 2.24) is 15.0 Å². The lowest BCUT2D eigenvalue weighted by molar-refractivity contribution is 0.980. The Morgan fingerprint density at radius 3 is 3.08 bits per heavy atom. The summed E-state index contributed by atoms with van der Waals surface area (Å²) in [7, 11) is 0. The van der Waals surface area contributed by atoms with Gasteiger partial charge in [0, 0.05) is 36.9 Å². The SMILES string of the molecule is c1c[nH]c(NCCc2nccs2)n1. The molecular formula is C8H10N4S. The molecule has 68 valence electrons. The minimum atomic E-state index is 0.816. The molecule has 0 spiro atoms. The summed E-state index contributed by atoms with van der Waals surface area (Å²) in [5, 5.41) is 6.30. The van der Waals surface area contributed by atoms with Crippen LogP contribution in [0.1, 0.15) is 5.01 Å². The Labute approximate surface area is 80.1 Å². The summed E-state index contributed by atoms with van der Waals surface area (Å²) in [4.78, 5) is 11.2. The number of aromatic nitrogens is 3. The van der Waals surface area contributed by atoms with Crippen LogP contribution in [-0.4, -0.2) is 21.5 Å². The van der Waals surface area contributed by atoms with Gasteiger partial charge < -0.3 is 10.3 Å². The highest BCUT2D eigenvalue weighted by Gasteiger charge is 1.95. The summed E-state index contributed by atoms with van der Waals surface area (Å²) in [6.07, 6.45) is 6.29. The van der Waals surface area contributed by atoms with E-state index < -0.39 is 0 Å². The van der Waals surface area contributed by atoms with E-state index in [1.165, 1.54) is 0 Å². The number of rotatable bonds is 4. The molecule has 2 rings (SSSR count). The van der Waals surface area contributed by atoms with Crippen molar-refractivity contribution in [1.29, 1.82) is 0 Å². The number of aromatic amines is 1. The monoisotopic (exact) mass is 194 g/mol. The molecule has 0 aliphatic rings. The minimum Gasteiger partial charge on any atom is -0.355 e. The van der Waals surface area contributed by atoms with Crippen LogP contribution in [0.2, 0.25) is 0 Å². The molecular weight excluding hydrogens is 184 g/mol. The molecule has 13 heavy (non-hydrogen) atoms. The van der Waals surface area contributed by atoms with E-state index in [-0.39, 0.29) is 0 Å². The van der Waals surface area contributed by atoms with Crippen LogP contribution in [-0.2, 0) is 6.42 Å². The normalized spacial score (nSPS) is 10.2. The fraction of sp³-hybridized carbons (Fsp3) is 0.250. The zero-order chi connectivity index (χ0) is 8.93. The fourth-order valence-corrected chi connectivity index (χ4v) is 1.65. The average molecular weight is 194 g/mol. The van der Waals surface area contributed by atoms with Gasteiger partial charge in [0.2, 0.25) is 0 Å². The van der Waals surface area contributed by atoms with E-state index in [0.717, 1.165) is 23.9 Å². The molecule has 0 atom stereocenters. The van der Waals surface area contributed by atoms with Crippen molar-refractivity contribution >= 4 is 17.3 Å². The van der Waals surface area contributed by atoms with E-state index in [0.29, 0.717) is 0 Å². The molecule has 0 fully saturated rings. The van der Waals surface area contributed by atoms with Gasteiger partial charge >= 0.3 is 0 Å². The minimum absolute atomic E-state index is 0.816. The highest BCUT2D eigenvalue weighted by Crippen LogP contribution is 2.04. The fourth-order valence-electron chi connectivity index (χ4n) is 1.03. The van der Waals surface area contributed by atoms with Crippen LogP contribution in [0.3, 0.4) is 0 Å². The Kier molecular flexibility index (Phi) is 2.56. The second kappa shape index (κ2) is 4.04. The summed E-state index contributed by atoms with van der Waals surface area (Å²) >= 11 is 1.68. The third-order valence-corrected chi connectivity index (χ3v) is 2.45. The first-order chi connectivity index (χ1) is 6.45. The average Bonchev–Trinajstić information content (AvgIpc) is 2.75. The van der Waals surface area contributed by atoms with Crippen LogP contribution in [0.25, 0.3) is 0 Å². The maximum Gasteiger partial charge on any atom is 0.200 e. The first-order valence-electron chi connectivity index (χ1n) is 4.07. The molecule has 2 aromatic heterocycles. The molecule has 2 aromatic rings. The van der Waals surface area contributed by atoms with Gasteiger partial charge in [-0.3, -0.25) is 0 Å². The molecule has 0 aliphatic heterocycles. The molecule has 2 N–H and O–H groups in total. The predicted octanol–water partition coefficient (Wildman–Crippen LogP) is 1.52. The van der Waals surface area contributed by atoms with Crippen molar-refractivity contribution < 1.29 is 0 Å². The molecule has 0 bridgehead atoms. The third kappa shape index (κ3) is 2.29. The third-order valence-electron chi connectivity index (χ3n) is 1.61. The van der Waals surface area contributed by atoms with Crippen molar-refractivity contribution in [2.24, 2.45) is 0 Å². The van der Waals surface area contributed by atoms with Crippen LogP contribution in [0.4, 0.5) is 5.95 Å². The van der Waals surface area contributed by atoms with E-state index in [9.17, 15) is 0 Å². The van der Waals surface area contributed by atoms with Crippen molar-refractivity contribution in [2.45, 2.75) is 6.42 Å². The number of imidazole rings is 1. The molecule has 2 heterocycles. The van der Waals surface area contributed by atoms with E-state index >= 15 is 0 Å². The molecule has 4 nitrogen and oxygen atoms in total. The second-order valence-corrected chi connectivity index (χ2v) is 3.52. The van der Waals surface area contributed by atoms with Gasteiger partial charge in [0.25, 0.3) is 0 Å². The standard InChI is InChI=1S/C8H10N4S/c1(7-9-5-6-13-7)2-10-8-11-3-4-12-8/h3-6H,1-2H2,(H2,10,11,12). The van der Waals surface area contributed by atoms with Gasteiger partial charge in [0.05, 0.1) is 5.01 Å². The van der Waals surface area contributed by atoms with Gasteiger partial charge in [-0.05, 0) is 0 Å². The molecule has 0 radical (unpaired) electrons. The number of nitrogens with one attached hydrogen (secondary N) is 2. The molecule has 0 aliphatic carbocycles. The number of anilines is 1. The number of hydrogen-bond donors (Lipinski definition) is 2. The summed E-state index contributed by atoms with van der Waals surface area (Å²) < 4.78 is 0. The highest BCUT2D eigenvalue weighted by atomic mass is 32.1. The van der Waals surface area contributed by atoms with Crippen molar-refractivity contribution in [3.8, 4) is 0 Å². The van der Waals surface area contributed by atoms with Gasteiger partial charge in [0.1, 0.15) is 0 Å². The largest absolute Gasteiger partial charge is 0.355 e. The van der Waals surface area contributed by atoms with Gasteiger partial charge in [-0.25, -0.2) is 9.97 Å². The second-order valence-electron chi connectivity index (χ2n) is 2.54. The zero-order valence-electron chi connectivity index (χ0n) is 7.03. The van der Waals surface area contributed by atoms with Gasteiger partial charge in [-0.15, -0.1) is 11.3 Å². The van der Waals surface area contributed by atoms with E-state index in [2.05, 4.69) is 20.3 Å². The Morgan fingerprint density at radius 1 is 1.38 bits per heavy atom. The molecule has 0 saturated heterocycles.